The lowest BCUT2D eigenvalue weighted by Gasteiger charge is -2.09. The Bertz CT molecular complexity index is 387. The van der Waals surface area contributed by atoms with E-state index in [4.69, 9.17) is 5.73 Å². The Labute approximate surface area is 99.7 Å². The predicted molar refractivity (Wildman–Crippen MR) is 62.9 cm³/mol. The van der Waals surface area contributed by atoms with E-state index in [0.717, 1.165) is 18.7 Å². The molecule has 1 aromatic heterocycles. The van der Waals surface area contributed by atoms with Crippen LogP contribution in [0.5, 0.6) is 0 Å². The molecule has 2 rings (SSSR count). The second kappa shape index (κ2) is 5.58. The van der Waals surface area contributed by atoms with Crippen LogP contribution >= 0.6 is 0 Å². The van der Waals surface area contributed by atoms with Crippen LogP contribution in [0.25, 0.3) is 0 Å². The van der Waals surface area contributed by atoms with Gasteiger partial charge in [0.05, 0.1) is 5.92 Å². The summed E-state index contributed by atoms with van der Waals surface area (Å²) < 4.78 is 0. The van der Waals surface area contributed by atoms with E-state index in [2.05, 4.69) is 20.5 Å². The number of hydrogen-bond acceptors (Lipinski definition) is 4. The van der Waals surface area contributed by atoms with E-state index in [9.17, 15) is 4.79 Å². The zero-order chi connectivity index (χ0) is 12.1. The fourth-order valence-electron chi connectivity index (χ4n) is 1.87. The van der Waals surface area contributed by atoms with Crippen molar-refractivity contribution in [1.29, 1.82) is 0 Å². The molecule has 1 aliphatic rings. The molecule has 0 bridgehead atoms. The molecule has 1 aliphatic carbocycles. The highest BCUT2D eigenvalue weighted by molar-refractivity contribution is 5.81. The molecule has 0 saturated carbocycles. The first kappa shape index (κ1) is 11.8. The van der Waals surface area contributed by atoms with Gasteiger partial charge in [-0.2, -0.15) is 5.10 Å². The number of aromatic amines is 1. The van der Waals surface area contributed by atoms with Crippen molar-refractivity contribution in [1.82, 2.24) is 20.5 Å². The summed E-state index contributed by atoms with van der Waals surface area (Å²) in [5.74, 6) is 0.851. The lowest BCUT2D eigenvalue weighted by atomic mass is 10.1. The van der Waals surface area contributed by atoms with Crippen LogP contribution in [0, 0.1) is 5.92 Å². The highest BCUT2D eigenvalue weighted by Gasteiger charge is 2.21. The third-order valence-corrected chi connectivity index (χ3v) is 2.81. The Balaban J connectivity index is 1.62. The number of nitrogens with one attached hydrogen (secondary N) is 2. The molecule has 0 aliphatic heterocycles. The smallest absolute Gasteiger partial charge is 0.226 e. The number of nitrogens with two attached hydrogens (primary N) is 1. The molecule has 0 saturated heterocycles. The van der Waals surface area contributed by atoms with Crippen molar-refractivity contribution in [2.24, 2.45) is 11.7 Å². The van der Waals surface area contributed by atoms with E-state index >= 15 is 0 Å². The van der Waals surface area contributed by atoms with Crippen LogP contribution < -0.4 is 11.1 Å². The summed E-state index contributed by atoms with van der Waals surface area (Å²) in [7, 11) is 0. The highest BCUT2D eigenvalue weighted by Crippen LogP contribution is 2.16. The summed E-state index contributed by atoms with van der Waals surface area (Å²) in [5.41, 5.74) is 5.70. The fraction of sp³-hybridized carbons (Fsp3) is 0.545. The highest BCUT2D eigenvalue weighted by atomic mass is 16.1. The predicted octanol–water partition coefficient (Wildman–Crippen LogP) is -0.243. The number of H-pyrrole nitrogens is 1. The molecule has 1 heterocycles. The molecule has 1 aromatic rings. The van der Waals surface area contributed by atoms with Gasteiger partial charge in [0.15, 0.2) is 0 Å². The summed E-state index contributed by atoms with van der Waals surface area (Å²) in [4.78, 5) is 15.7. The van der Waals surface area contributed by atoms with Gasteiger partial charge in [-0.3, -0.25) is 9.89 Å². The topological polar surface area (TPSA) is 96.7 Å². The standard InChI is InChI=1S/C11H17N5O/c12-9-4-3-8(6-9)11(17)13-5-1-2-10-14-7-15-16-10/h3-4,7-9H,1-2,5-6,12H2,(H,13,17)(H,14,15,16). The van der Waals surface area contributed by atoms with Crippen molar-refractivity contribution >= 4 is 5.91 Å². The molecule has 2 unspecified atom stereocenters. The molecule has 0 radical (unpaired) electrons. The maximum absolute atomic E-state index is 11.7. The van der Waals surface area contributed by atoms with Crippen molar-refractivity contribution in [3.63, 3.8) is 0 Å². The van der Waals surface area contributed by atoms with Crippen molar-refractivity contribution in [2.75, 3.05) is 6.54 Å². The van der Waals surface area contributed by atoms with Gasteiger partial charge in [-0.15, -0.1) is 0 Å². The average Bonchev–Trinajstić information content (AvgIpc) is 2.95. The van der Waals surface area contributed by atoms with E-state index in [1.807, 2.05) is 12.2 Å². The lowest BCUT2D eigenvalue weighted by molar-refractivity contribution is -0.123. The monoisotopic (exact) mass is 235 g/mol. The van der Waals surface area contributed by atoms with Gasteiger partial charge in [0, 0.05) is 19.0 Å². The van der Waals surface area contributed by atoms with Gasteiger partial charge in [0.1, 0.15) is 12.2 Å². The Hall–Kier alpha value is -1.69. The quantitative estimate of drug-likeness (QED) is 0.484. The third kappa shape index (κ3) is 3.39. The van der Waals surface area contributed by atoms with Crippen molar-refractivity contribution in [3.8, 4) is 0 Å². The SMILES string of the molecule is NC1C=CC(C(=O)NCCCc2ncn[nH]2)C1. The second-order valence-electron chi connectivity index (χ2n) is 4.22. The molecule has 6 nitrogen and oxygen atoms in total. The van der Waals surface area contributed by atoms with Crippen LogP contribution in [0.15, 0.2) is 18.5 Å². The number of carbonyl (C=O) groups excluding carboxylic acids is 1. The molecule has 0 aromatic carbocycles. The zero-order valence-corrected chi connectivity index (χ0v) is 9.60. The van der Waals surface area contributed by atoms with E-state index in [-0.39, 0.29) is 17.9 Å². The minimum absolute atomic E-state index is 0.0277. The fourth-order valence-corrected chi connectivity index (χ4v) is 1.87. The first-order valence-electron chi connectivity index (χ1n) is 5.81. The number of hydrogen-bond donors (Lipinski definition) is 3. The molecule has 6 heteroatoms. The van der Waals surface area contributed by atoms with E-state index in [1.165, 1.54) is 6.33 Å². The average molecular weight is 235 g/mol. The minimum atomic E-state index is -0.0599. The first-order chi connectivity index (χ1) is 8.25. The Morgan fingerprint density at radius 2 is 2.47 bits per heavy atom. The number of aromatic nitrogens is 3. The molecule has 17 heavy (non-hydrogen) atoms. The van der Waals surface area contributed by atoms with Crippen LogP contribution in [0.3, 0.4) is 0 Å². The molecule has 0 spiro atoms. The molecular weight excluding hydrogens is 218 g/mol. The van der Waals surface area contributed by atoms with E-state index < -0.39 is 0 Å². The summed E-state index contributed by atoms with van der Waals surface area (Å²) >= 11 is 0. The molecule has 1 amide bonds. The summed E-state index contributed by atoms with van der Waals surface area (Å²) in [6.45, 7) is 0.652. The van der Waals surface area contributed by atoms with Gasteiger partial charge in [-0.25, -0.2) is 4.98 Å². The van der Waals surface area contributed by atoms with Gasteiger partial charge < -0.3 is 11.1 Å². The van der Waals surface area contributed by atoms with Crippen LogP contribution in [0.1, 0.15) is 18.7 Å². The van der Waals surface area contributed by atoms with Crippen LogP contribution in [0.2, 0.25) is 0 Å². The molecule has 0 fully saturated rings. The van der Waals surface area contributed by atoms with Gasteiger partial charge in [0.25, 0.3) is 0 Å². The minimum Gasteiger partial charge on any atom is -0.356 e. The van der Waals surface area contributed by atoms with Crippen LogP contribution in [-0.4, -0.2) is 33.7 Å². The number of aryl methyl sites for hydroxylation is 1. The molecule has 92 valence electrons. The second-order valence-corrected chi connectivity index (χ2v) is 4.22. The van der Waals surface area contributed by atoms with Gasteiger partial charge >= 0.3 is 0 Å². The molecule has 4 N–H and O–H groups in total. The van der Waals surface area contributed by atoms with Gasteiger partial charge in [0.2, 0.25) is 5.91 Å². The van der Waals surface area contributed by atoms with Gasteiger partial charge in [-0.05, 0) is 12.8 Å². The van der Waals surface area contributed by atoms with Crippen molar-refractivity contribution in [3.05, 3.63) is 24.3 Å². The van der Waals surface area contributed by atoms with E-state index in [0.29, 0.717) is 13.0 Å². The summed E-state index contributed by atoms with van der Waals surface area (Å²) in [6, 6.07) is 0.0277. The number of amides is 1. The third-order valence-electron chi connectivity index (χ3n) is 2.81. The molecule has 2 atom stereocenters. The lowest BCUT2D eigenvalue weighted by Crippen LogP contribution is -2.31. The van der Waals surface area contributed by atoms with Crippen molar-refractivity contribution < 1.29 is 4.79 Å². The maximum Gasteiger partial charge on any atom is 0.226 e. The summed E-state index contributed by atoms with van der Waals surface area (Å²) in [5, 5.41) is 9.45. The zero-order valence-electron chi connectivity index (χ0n) is 9.60. The summed E-state index contributed by atoms with van der Waals surface area (Å²) in [6.07, 6.45) is 7.62. The Morgan fingerprint density at radius 1 is 1.59 bits per heavy atom. The van der Waals surface area contributed by atoms with Crippen LogP contribution in [0.4, 0.5) is 0 Å². The number of nitrogens with zero attached hydrogens (tertiary/aromatic N) is 2. The van der Waals surface area contributed by atoms with Crippen LogP contribution in [-0.2, 0) is 11.2 Å². The Kier molecular flexibility index (Phi) is 3.87. The maximum atomic E-state index is 11.7. The largest absolute Gasteiger partial charge is 0.356 e. The molecular formula is C11H17N5O. The van der Waals surface area contributed by atoms with E-state index in [1.54, 1.807) is 0 Å². The number of carbonyl (C=O) groups is 1. The normalized spacial score (nSPS) is 22.9. The number of rotatable bonds is 5. The van der Waals surface area contributed by atoms with Crippen molar-refractivity contribution in [2.45, 2.75) is 25.3 Å². The van der Waals surface area contributed by atoms with Gasteiger partial charge in [-0.1, -0.05) is 12.2 Å². The first-order valence-corrected chi connectivity index (χ1v) is 5.81. The Morgan fingerprint density at radius 3 is 3.12 bits per heavy atom.